The Hall–Kier alpha value is -1.72. The summed E-state index contributed by atoms with van der Waals surface area (Å²) in [6.45, 7) is 1.31. The van der Waals surface area contributed by atoms with E-state index in [-0.39, 0.29) is 12.5 Å². The van der Waals surface area contributed by atoms with Crippen LogP contribution in [-0.2, 0) is 11.0 Å². The van der Waals surface area contributed by atoms with E-state index in [0.29, 0.717) is 18.8 Å². The Morgan fingerprint density at radius 1 is 1.18 bits per heavy atom. The van der Waals surface area contributed by atoms with Gasteiger partial charge in [0.15, 0.2) is 0 Å². The summed E-state index contributed by atoms with van der Waals surface area (Å²) in [6, 6.07) is 4.84. The van der Waals surface area contributed by atoms with Crippen molar-refractivity contribution in [3.63, 3.8) is 0 Å². The Balaban J connectivity index is 2.15. The average Bonchev–Trinajstić information content (AvgIpc) is 2.28. The highest BCUT2D eigenvalue weighted by Gasteiger charge is 2.30. The highest BCUT2D eigenvalue weighted by Crippen LogP contribution is 2.30. The Bertz CT molecular complexity index is 414. The largest absolute Gasteiger partial charge is 0.416 e. The molecular weight excluding hydrogens is 233 g/mol. The molecule has 1 fully saturated rings. The van der Waals surface area contributed by atoms with Crippen LogP contribution in [0.5, 0.6) is 0 Å². The molecule has 3 nitrogen and oxygen atoms in total. The standard InChI is InChI=1S/C11H11F3N2O/c12-11(13,14)8-1-3-9(4-2-8)16-6-5-15-10(17)7-16/h1-4H,5-7H2,(H,15,17). The van der Waals surface area contributed by atoms with Crippen molar-refractivity contribution in [1.29, 1.82) is 0 Å². The lowest BCUT2D eigenvalue weighted by atomic mass is 10.2. The number of nitrogens with zero attached hydrogens (tertiary/aromatic N) is 1. The van der Waals surface area contributed by atoms with Crippen LogP contribution in [-0.4, -0.2) is 25.5 Å². The number of halogens is 3. The van der Waals surface area contributed by atoms with Gasteiger partial charge in [-0.05, 0) is 24.3 Å². The molecular formula is C11H11F3N2O. The summed E-state index contributed by atoms with van der Waals surface area (Å²) < 4.78 is 37.0. The Kier molecular flexibility index (Phi) is 2.95. The molecule has 2 rings (SSSR count). The molecule has 6 heteroatoms. The fraction of sp³-hybridized carbons (Fsp3) is 0.364. The summed E-state index contributed by atoms with van der Waals surface area (Å²) in [7, 11) is 0. The van der Waals surface area contributed by atoms with Gasteiger partial charge in [0.05, 0.1) is 12.1 Å². The smallest absolute Gasteiger partial charge is 0.360 e. The highest BCUT2D eigenvalue weighted by molar-refractivity contribution is 5.82. The van der Waals surface area contributed by atoms with Gasteiger partial charge in [0.25, 0.3) is 0 Å². The quantitative estimate of drug-likeness (QED) is 0.814. The van der Waals surface area contributed by atoms with Gasteiger partial charge in [-0.2, -0.15) is 13.2 Å². The van der Waals surface area contributed by atoms with Gasteiger partial charge < -0.3 is 10.2 Å². The van der Waals surface area contributed by atoms with Crippen LogP contribution in [0.25, 0.3) is 0 Å². The monoisotopic (exact) mass is 244 g/mol. The molecule has 1 saturated heterocycles. The van der Waals surface area contributed by atoms with Crippen molar-refractivity contribution >= 4 is 11.6 Å². The molecule has 1 aliphatic rings. The van der Waals surface area contributed by atoms with Gasteiger partial charge in [-0.1, -0.05) is 0 Å². The molecule has 0 unspecified atom stereocenters. The van der Waals surface area contributed by atoms with Crippen molar-refractivity contribution in [2.45, 2.75) is 6.18 Å². The molecule has 1 aromatic rings. The van der Waals surface area contributed by atoms with Crippen LogP contribution in [0.3, 0.4) is 0 Å². The fourth-order valence-corrected chi connectivity index (χ4v) is 1.72. The molecule has 17 heavy (non-hydrogen) atoms. The summed E-state index contributed by atoms with van der Waals surface area (Å²) in [5.74, 6) is -0.115. The zero-order chi connectivity index (χ0) is 12.5. The van der Waals surface area contributed by atoms with Crippen molar-refractivity contribution in [3.05, 3.63) is 29.8 Å². The average molecular weight is 244 g/mol. The number of hydrogen-bond donors (Lipinski definition) is 1. The van der Waals surface area contributed by atoms with Crippen molar-refractivity contribution < 1.29 is 18.0 Å². The summed E-state index contributed by atoms with van der Waals surface area (Å²) in [6.07, 6.45) is -4.32. The number of amides is 1. The zero-order valence-corrected chi connectivity index (χ0v) is 8.92. The molecule has 0 spiro atoms. The van der Waals surface area contributed by atoms with E-state index < -0.39 is 11.7 Å². The van der Waals surface area contributed by atoms with Crippen LogP contribution in [0, 0.1) is 0 Å². The number of alkyl halides is 3. The number of piperazine rings is 1. The molecule has 0 radical (unpaired) electrons. The lowest BCUT2D eigenvalue weighted by Gasteiger charge is -2.28. The van der Waals surface area contributed by atoms with E-state index in [2.05, 4.69) is 5.32 Å². The third kappa shape index (κ3) is 2.69. The SMILES string of the molecule is O=C1CN(c2ccc(C(F)(F)F)cc2)CCN1. The van der Waals surface area contributed by atoms with Crippen molar-refractivity contribution in [2.75, 3.05) is 24.5 Å². The van der Waals surface area contributed by atoms with Crippen LogP contribution in [0.1, 0.15) is 5.56 Å². The maximum absolute atomic E-state index is 12.3. The molecule has 1 N–H and O–H groups in total. The third-order valence-electron chi connectivity index (χ3n) is 2.60. The Labute approximate surface area is 96.2 Å². The van der Waals surface area contributed by atoms with Gasteiger partial charge in [0.1, 0.15) is 0 Å². The number of nitrogens with one attached hydrogen (secondary N) is 1. The minimum atomic E-state index is -4.32. The molecule has 92 valence electrons. The van der Waals surface area contributed by atoms with Crippen molar-refractivity contribution in [1.82, 2.24) is 5.32 Å². The fourth-order valence-electron chi connectivity index (χ4n) is 1.72. The summed E-state index contributed by atoms with van der Waals surface area (Å²) in [4.78, 5) is 12.9. The summed E-state index contributed by atoms with van der Waals surface area (Å²) >= 11 is 0. The predicted molar refractivity (Wildman–Crippen MR) is 56.7 cm³/mol. The maximum atomic E-state index is 12.3. The zero-order valence-electron chi connectivity index (χ0n) is 8.92. The van der Waals surface area contributed by atoms with Crippen LogP contribution < -0.4 is 10.2 Å². The van der Waals surface area contributed by atoms with E-state index in [1.54, 1.807) is 4.90 Å². The van der Waals surface area contributed by atoms with Gasteiger partial charge >= 0.3 is 6.18 Å². The maximum Gasteiger partial charge on any atom is 0.416 e. The Morgan fingerprint density at radius 3 is 2.35 bits per heavy atom. The molecule has 1 amide bonds. The van der Waals surface area contributed by atoms with E-state index in [0.717, 1.165) is 12.1 Å². The molecule has 0 aromatic heterocycles. The van der Waals surface area contributed by atoms with Crippen LogP contribution >= 0.6 is 0 Å². The first-order chi connectivity index (χ1) is 7.97. The first-order valence-corrected chi connectivity index (χ1v) is 5.16. The third-order valence-corrected chi connectivity index (χ3v) is 2.60. The van der Waals surface area contributed by atoms with Gasteiger partial charge in [0.2, 0.25) is 5.91 Å². The normalized spacial score (nSPS) is 16.9. The second kappa shape index (κ2) is 4.27. The second-order valence-corrected chi connectivity index (χ2v) is 3.82. The molecule has 0 aliphatic carbocycles. The van der Waals surface area contributed by atoms with Gasteiger partial charge in [0, 0.05) is 18.8 Å². The number of benzene rings is 1. The summed E-state index contributed by atoms with van der Waals surface area (Å²) in [5.41, 5.74) is -0.0458. The number of hydrogen-bond acceptors (Lipinski definition) is 2. The molecule has 1 aromatic carbocycles. The molecule has 0 atom stereocenters. The van der Waals surface area contributed by atoms with Crippen LogP contribution in [0.4, 0.5) is 18.9 Å². The predicted octanol–water partition coefficient (Wildman–Crippen LogP) is 1.64. The van der Waals surface area contributed by atoms with E-state index in [4.69, 9.17) is 0 Å². The van der Waals surface area contributed by atoms with E-state index in [1.807, 2.05) is 0 Å². The molecule has 0 saturated carbocycles. The van der Waals surface area contributed by atoms with Gasteiger partial charge in [-0.15, -0.1) is 0 Å². The Morgan fingerprint density at radius 2 is 1.82 bits per heavy atom. The lowest BCUT2D eigenvalue weighted by molar-refractivity contribution is -0.137. The van der Waals surface area contributed by atoms with Crippen LogP contribution in [0.15, 0.2) is 24.3 Å². The van der Waals surface area contributed by atoms with E-state index in [1.165, 1.54) is 12.1 Å². The topological polar surface area (TPSA) is 32.3 Å². The first-order valence-electron chi connectivity index (χ1n) is 5.16. The van der Waals surface area contributed by atoms with Gasteiger partial charge in [-0.3, -0.25) is 4.79 Å². The minimum absolute atomic E-state index is 0.115. The van der Waals surface area contributed by atoms with Crippen molar-refractivity contribution in [2.24, 2.45) is 0 Å². The van der Waals surface area contributed by atoms with E-state index >= 15 is 0 Å². The molecule has 0 bridgehead atoms. The van der Waals surface area contributed by atoms with Crippen LogP contribution in [0.2, 0.25) is 0 Å². The number of carbonyl (C=O) groups is 1. The number of rotatable bonds is 1. The minimum Gasteiger partial charge on any atom is -0.360 e. The summed E-state index contributed by atoms with van der Waals surface area (Å²) in [5, 5.41) is 2.66. The number of anilines is 1. The lowest BCUT2D eigenvalue weighted by Crippen LogP contribution is -2.47. The molecule has 1 aliphatic heterocycles. The first kappa shape index (κ1) is 11.8. The number of carbonyl (C=O) groups excluding carboxylic acids is 1. The van der Waals surface area contributed by atoms with E-state index in [9.17, 15) is 18.0 Å². The highest BCUT2D eigenvalue weighted by atomic mass is 19.4. The molecule has 1 heterocycles. The second-order valence-electron chi connectivity index (χ2n) is 3.82. The van der Waals surface area contributed by atoms with Gasteiger partial charge in [-0.25, -0.2) is 0 Å². The van der Waals surface area contributed by atoms with Crippen molar-refractivity contribution in [3.8, 4) is 0 Å².